The van der Waals surface area contributed by atoms with E-state index in [1.807, 2.05) is 24.3 Å². The number of carbonyl (C=O) groups excluding carboxylic acids is 1. The smallest absolute Gasteiger partial charge is 0.251 e. The first-order valence-electron chi connectivity index (χ1n) is 7.03. The molecule has 0 heterocycles. The zero-order valence-electron chi connectivity index (χ0n) is 13.4. The normalized spacial score (nSPS) is 10.9. The summed E-state index contributed by atoms with van der Waals surface area (Å²) in [6.07, 6.45) is 0. The van der Waals surface area contributed by atoms with Crippen molar-refractivity contribution in [1.82, 2.24) is 10.6 Å². The Labute approximate surface area is 134 Å². The number of benzene rings is 1. The van der Waals surface area contributed by atoms with Gasteiger partial charge in [-0.15, -0.1) is 12.4 Å². The maximum Gasteiger partial charge on any atom is 0.251 e. The van der Waals surface area contributed by atoms with Crippen LogP contribution in [0.4, 0.5) is 0 Å². The molecule has 0 aliphatic heterocycles. The van der Waals surface area contributed by atoms with Gasteiger partial charge in [0.15, 0.2) is 0 Å². The molecule has 1 rings (SSSR count). The molecule has 1 aromatic carbocycles. The van der Waals surface area contributed by atoms with E-state index < -0.39 is 0 Å². The Kier molecular flexibility index (Phi) is 9.26. The molecule has 2 N–H and O–H groups in total. The van der Waals surface area contributed by atoms with Crippen LogP contribution in [0.25, 0.3) is 0 Å². The minimum absolute atomic E-state index is 0. The summed E-state index contributed by atoms with van der Waals surface area (Å²) in [6.45, 7) is 9.32. The minimum Gasteiger partial charge on any atom is -0.383 e. The Bertz CT molecular complexity index is 413. The van der Waals surface area contributed by atoms with Crippen molar-refractivity contribution in [3.05, 3.63) is 35.4 Å². The van der Waals surface area contributed by atoms with Gasteiger partial charge in [0.05, 0.1) is 6.61 Å². The second-order valence-electron chi connectivity index (χ2n) is 5.83. The van der Waals surface area contributed by atoms with Crippen molar-refractivity contribution in [1.29, 1.82) is 0 Å². The number of nitrogens with one attached hydrogen (secondary N) is 2. The SMILES string of the molecule is COCCNCCNC(=O)c1ccc(C(C)(C)C)cc1.Cl. The van der Waals surface area contributed by atoms with Crippen molar-refractivity contribution >= 4 is 18.3 Å². The van der Waals surface area contributed by atoms with Gasteiger partial charge in [0, 0.05) is 32.3 Å². The van der Waals surface area contributed by atoms with Crippen LogP contribution < -0.4 is 10.6 Å². The van der Waals surface area contributed by atoms with Crippen LogP contribution in [0, 0.1) is 0 Å². The first kappa shape index (κ1) is 19.9. The van der Waals surface area contributed by atoms with Gasteiger partial charge in [-0.2, -0.15) is 0 Å². The van der Waals surface area contributed by atoms with Crippen LogP contribution in [-0.2, 0) is 10.2 Å². The predicted octanol–water partition coefficient (Wildman–Crippen LogP) is 2.37. The molecular weight excluding hydrogens is 288 g/mol. The summed E-state index contributed by atoms with van der Waals surface area (Å²) < 4.78 is 4.93. The minimum atomic E-state index is -0.0287. The molecule has 0 aliphatic carbocycles. The highest BCUT2D eigenvalue weighted by Gasteiger charge is 2.14. The van der Waals surface area contributed by atoms with Crippen molar-refractivity contribution in [3.8, 4) is 0 Å². The van der Waals surface area contributed by atoms with Crippen molar-refractivity contribution < 1.29 is 9.53 Å². The van der Waals surface area contributed by atoms with E-state index in [-0.39, 0.29) is 23.7 Å². The summed E-state index contributed by atoms with van der Waals surface area (Å²) in [4.78, 5) is 11.9. The highest BCUT2D eigenvalue weighted by molar-refractivity contribution is 5.94. The Hall–Kier alpha value is -1.10. The van der Waals surface area contributed by atoms with Crippen LogP contribution in [0.15, 0.2) is 24.3 Å². The molecule has 0 aromatic heterocycles. The fourth-order valence-electron chi connectivity index (χ4n) is 1.79. The number of carbonyl (C=O) groups is 1. The van der Waals surface area contributed by atoms with Gasteiger partial charge in [0.2, 0.25) is 0 Å². The predicted molar refractivity (Wildman–Crippen MR) is 89.5 cm³/mol. The molecule has 4 nitrogen and oxygen atoms in total. The van der Waals surface area contributed by atoms with Gasteiger partial charge < -0.3 is 15.4 Å². The molecule has 0 atom stereocenters. The number of hydrogen-bond acceptors (Lipinski definition) is 3. The molecule has 21 heavy (non-hydrogen) atoms. The molecule has 0 spiro atoms. The number of amides is 1. The third-order valence-corrected chi connectivity index (χ3v) is 3.08. The second-order valence-corrected chi connectivity index (χ2v) is 5.83. The average molecular weight is 315 g/mol. The van der Waals surface area contributed by atoms with Crippen LogP contribution in [0.2, 0.25) is 0 Å². The molecule has 1 amide bonds. The van der Waals surface area contributed by atoms with Crippen LogP contribution in [0.1, 0.15) is 36.7 Å². The summed E-state index contributed by atoms with van der Waals surface area (Å²) in [6, 6.07) is 7.81. The number of hydrogen-bond donors (Lipinski definition) is 2. The van der Waals surface area contributed by atoms with E-state index in [4.69, 9.17) is 4.74 Å². The molecule has 0 bridgehead atoms. The number of halogens is 1. The van der Waals surface area contributed by atoms with Gasteiger partial charge in [0.25, 0.3) is 5.91 Å². The van der Waals surface area contributed by atoms with Gasteiger partial charge in [-0.3, -0.25) is 4.79 Å². The molecule has 0 saturated carbocycles. The van der Waals surface area contributed by atoms with Crippen molar-refractivity contribution in [2.75, 3.05) is 33.4 Å². The van der Waals surface area contributed by atoms with Crippen molar-refractivity contribution in [3.63, 3.8) is 0 Å². The zero-order valence-corrected chi connectivity index (χ0v) is 14.2. The topological polar surface area (TPSA) is 50.4 Å². The molecule has 0 unspecified atom stereocenters. The van der Waals surface area contributed by atoms with Crippen LogP contribution in [0.5, 0.6) is 0 Å². The Morgan fingerprint density at radius 1 is 1.10 bits per heavy atom. The average Bonchev–Trinajstić information content (AvgIpc) is 2.41. The maximum atomic E-state index is 11.9. The number of methoxy groups -OCH3 is 1. The van der Waals surface area contributed by atoms with Gasteiger partial charge in [-0.1, -0.05) is 32.9 Å². The third kappa shape index (κ3) is 7.46. The molecule has 0 radical (unpaired) electrons. The molecule has 120 valence electrons. The number of ether oxygens (including phenoxy) is 1. The lowest BCUT2D eigenvalue weighted by atomic mass is 9.87. The number of rotatable bonds is 7. The molecule has 0 fully saturated rings. The van der Waals surface area contributed by atoms with Crippen molar-refractivity contribution in [2.45, 2.75) is 26.2 Å². The van der Waals surface area contributed by atoms with E-state index in [2.05, 4.69) is 31.4 Å². The van der Waals surface area contributed by atoms with Crippen LogP contribution in [-0.4, -0.2) is 39.3 Å². The molecule has 1 aromatic rings. The van der Waals surface area contributed by atoms with Gasteiger partial charge >= 0.3 is 0 Å². The maximum absolute atomic E-state index is 11.9. The summed E-state index contributed by atoms with van der Waals surface area (Å²) in [7, 11) is 1.67. The van der Waals surface area contributed by atoms with E-state index in [1.165, 1.54) is 5.56 Å². The van der Waals surface area contributed by atoms with E-state index in [9.17, 15) is 4.79 Å². The summed E-state index contributed by atoms with van der Waals surface area (Å²) in [5.74, 6) is -0.0287. The fourth-order valence-corrected chi connectivity index (χ4v) is 1.79. The zero-order chi connectivity index (χ0) is 15.0. The Morgan fingerprint density at radius 3 is 2.24 bits per heavy atom. The van der Waals surface area contributed by atoms with Crippen molar-refractivity contribution in [2.24, 2.45) is 0 Å². The largest absolute Gasteiger partial charge is 0.383 e. The van der Waals surface area contributed by atoms with Crippen LogP contribution in [0.3, 0.4) is 0 Å². The van der Waals surface area contributed by atoms with Gasteiger partial charge in [-0.05, 0) is 23.1 Å². The molecule has 0 saturated heterocycles. The Morgan fingerprint density at radius 2 is 1.71 bits per heavy atom. The van der Waals surface area contributed by atoms with E-state index >= 15 is 0 Å². The van der Waals surface area contributed by atoms with Gasteiger partial charge in [-0.25, -0.2) is 0 Å². The second kappa shape index (κ2) is 9.77. The lowest BCUT2D eigenvalue weighted by Gasteiger charge is -2.19. The molecular formula is C16H27ClN2O2. The van der Waals surface area contributed by atoms with E-state index in [0.29, 0.717) is 18.7 Å². The summed E-state index contributed by atoms with van der Waals surface area (Å²) in [5, 5.41) is 6.07. The highest BCUT2D eigenvalue weighted by atomic mass is 35.5. The summed E-state index contributed by atoms with van der Waals surface area (Å²) >= 11 is 0. The lowest BCUT2D eigenvalue weighted by molar-refractivity contribution is 0.0953. The molecule has 5 heteroatoms. The standard InChI is InChI=1S/C16H26N2O2.ClH/c1-16(2,3)14-7-5-13(6-8-14)15(19)18-10-9-17-11-12-20-4;/h5-8,17H,9-12H2,1-4H3,(H,18,19);1H. The fraction of sp³-hybridized carbons (Fsp3) is 0.562. The Balaban J connectivity index is 0.00000400. The first-order chi connectivity index (χ1) is 9.45. The van der Waals surface area contributed by atoms with Gasteiger partial charge in [0.1, 0.15) is 0 Å². The summed E-state index contributed by atoms with van der Waals surface area (Å²) in [5.41, 5.74) is 2.05. The highest BCUT2D eigenvalue weighted by Crippen LogP contribution is 2.22. The molecule has 0 aliphatic rings. The van der Waals surface area contributed by atoms with E-state index in [0.717, 1.165) is 13.1 Å². The van der Waals surface area contributed by atoms with E-state index in [1.54, 1.807) is 7.11 Å². The third-order valence-electron chi connectivity index (χ3n) is 3.08. The van der Waals surface area contributed by atoms with Crippen LogP contribution >= 0.6 is 12.4 Å². The quantitative estimate of drug-likeness (QED) is 0.760. The monoisotopic (exact) mass is 314 g/mol. The first-order valence-corrected chi connectivity index (χ1v) is 7.03. The lowest BCUT2D eigenvalue weighted by Crippen LogP contribution is -2.33.